The van der Waals surface area contributed by atoms with Gasteiger partial charge in [0.1, 0.15) is 6.54 Å². The number of urea groups is 1. The van der Waals surface area contributed by atoms with Crippen molar-refractivity contribution in [3.63, 3.8) is 0 Å². The third-order valence-electron chi connectivity index (χ3n) is 8.46. The van der Waals surface area contributed by atoms with Crippen LogP contribution in [0.15, 0.2) is 48.5 Å². The minimum absolute atomic E-state index is 0.00783. The van der Waals surface area contributed by atoms with Crippen LogP contribution in [0, 0.1) is 5.92 Å². The Balaban J connectivity index is 1.22. The van der Waals surface area contributed by atoms with E-state index in [4.69, 9.17) is 4.74 Å². The van der Waals surface area contributed by atoms with Crippen molar-refractivity contribution < 1.29 is 28.7 Å². The monoisotopic (exact) mass is 574 g/mol. The first kappa shape index (κ1) is 29.3. The molecule has 2 aliphatic heterocycles. The van der Waals surface area contributed by atoms with Crippen molar-refractivity contribution in [1.29, 1.82) is 0 Å². The molecule has 0 spiro atoms. The number of esters is 1. The van der Waals surface area contributed by atoms with Crippen LogP contribution in [-0.4, -0.2) is 76.7 Å². The highest BCUT2D eigenvalue weighted by atomic mass is 16.5. The van der Waals surface area contributed by atoms with Gasteiger partial charge in [-0.1, -0.05) is 49.2 Å². The Morgan fingerprint density at radius 3 is 2.52 bits per heavy atom. The summed E-state index contributed by atoms with van der Waals surface area (Å²) in [5, 5.41) is 2.75. The maximum atomic E-state index is 13.6. The Hall–Kier alpha value is -4.21. The van der Waals surface area contributed by atoms with Crippen LogP contribution in [0.3, 0.4) is 0 Å². The van der Waals surface area contributed by atoms with Crippen LogP contribution in [-0.2, 0) is 32.1 Å². The van der Waals surface area contributed by atoms with Crippen LogP contribution >= 0.6 is 0 Å². The van der Waals surface area contributed by atoms with E-state index < -0.39 is 17.9 Å². The van der Waals surface area contributed by atoms with Gasteiger partial charge in [-0.15, -0.1) is 0 Å². The minimum atomic E-state index is -0.546. The van der Waals surface area contributed by atoms with Gasteiger partial charge in [-0.25, -0.2) is 9.59 Å². The molecule has 1 aliphatic carbocycles. The molecule has 2 fully saturated rings. The molecule has 3 aliphatic rings. The number of carbonyl (C=O) groups excluding carboxylic acids is 5. The Bertz CT molecular complexity index is 1360. The number of nitrogens with one attached hydrogen (secondary N) is 1. The van der Waals surface area contributed by atoms with Crippen molar-refractivity contribution in [1.82, 2.24) is 14.7 Å². The zero-order chi connectivity index (χ0) is 29.6. The summed E-state index contributed by atoms with van der Waals surface area (Å²) < 4.78 is 5.10. The van der Waals surface area contributed by atoms with Crippen LogP contribution < -0.4 is 5.32 Å². The Kier molecular flexibility index (Phi) is 9.19. The lowest BCUT2D eigenvalue weighted by Crippen LogP contribution is -2.63. The van der Waals surface area contributed by atoms with Gasteiger partial charge < -0.3 is 19.9 Å². The number of anilines is 1. The number of nitrogens with zero attached hydrogens (tertiary/aromatic N) is 3. The van der Waals surface area contributed by atoms with Crippen LogP contribution in [0.2, 0.25) is 0 Å². The SMILES string of the molecule is CCOC(=O)c1ccccc1NC(=O)CN1C(=O)N(CCCC(=O)N2CCc3ccccc3C2)C(=O)C2CCCCC21. The molecular formula is C32H38N4O6. The van der Waals surface area contributed by atoms with E-state index in [9.17, 15) is 24.0 Å². The smallest absolute Gasteiger partial charge is 0.340 e. The third-order valence-corrected chi connectivity index (χ3v) is 8.46. The Morgan fingerprint density at radius 1 is 0.976 bits per heavy atom. The van der Waals surface area contributed by atoms with Crippen molar-refractivity contribution in [2.75, 3.05) is 31.6 Å². The topological polar surface area (TPSA) is 116 Å². The number of carbonyl (C=O) groups is 5. The predicted molar refractivity (Wildman–Crippen MR) is 155 cm³/mol. The highest BCUT2D eigenvalue weighted by Crippen LogP contribution is 2.34. The van der Waals surface area contributed by atoms with Gasteiger partial charge in [0.25, 0.3) is 0 Å². The molecule has 10 nitrogen and oxygen atoms in total. The average Bonchev–Trinajstić information content (AvgIpc) is 3.01. The molecule has 42 heavy (non-hydrogen) atoms. The van der Waals surface area contributed by atoms with Crippen LogP contribution in [0.1, 0.15) is 66.9 Å². The Morgan fingerprint density at radius 2 is 1.71 bits per heavy atom. The molecule has 1 N–H and O–H groups in total. The van der Waals surface area contributed by atoms with Gasteiger partial charge in [0.15, 0.2) is 0 Å². The fourth-order valence-corrected chi connectivity index (χ4v) is 6.33. The van der Waals surface area contributed by atoms with Gasteiger partial charge in [-0.2, -0.15) is 0 Å². The summed E-state index contributed by atoms with van der Waals surface area (Å²) in [5.41, 5.74) is 2.95. The first-order valence-electron chi connectivity index (χ1n) is 14.9. The summed E-state index contributed by atoms with van der Waals surface area (Å²) >= 11 is 0. The zero-order valence-electron chi connectivity index (χ0n) is 24.0. The molecule has 10 heteroatoms. The summed E-state index contributed by atoms with van der Waals surface area (Å²) in [6.07, 6.45) is 4.48. The Labute approximate surface area is 246 Å². The molecule has 0 radical (unpaired) electrons. The fourth-order valence-electron chi connectivity index (χ4n) is 6.33. The van der Waals surface area contributed by atoms with E-state index in [1.165, 1.54) is 15.4 Å². The van der Waals surface area contributed by atoms with Crippen molar-refractivity contribution in [2.45, 2.75) is 64.5 Å². The highest BCUT2D eigenvalue weighted by Gasteiger charge is 2.47. The van der Waals surface area contributed by atoms with Crippen molar-refractivity contribution in [3.8, 4) is 0 Å². The van der Waals surface area contributed by atoms with Gasteiger partial charge in [0, 0.05) is 32.1 Å². The van der Waals surface area contributed by atoms with Crippen molar-refractivity contribution in [3.05, 3.63) is 65.2 Å². The number of benzene rings is 2. The second kappa shape index (κ2) is 13.2. The normalized spacial score (nSPS) is 20.1. The molecule has 2 atom stereocenters. The van der Waals surface area contributed by atoms with Gasteiger partial charge in [-0.05, 0) is 55.9 Å². The lowest BCUT2D eigenvalue weighted by Gasteiger charge is -2.46. The quantitative estimate of drug-likeness (QED) is 0.453. The van der Waals surface area contributed by atoms with Gasteiger partial charge in [0.05, 0.1) is 23.8 Å². The van der Waals surface area contributed by atoms with Crippen molar-refractivity contribution >= 4 is 35.4 Å². The number of hydrogen-bond acceptors (Lipinski definition) is 6. The second-order valence-corrected chi connectivity index (χ2v) is 11.1. The largest absolute Gasteiger partial charge is 0.462 e. The van der Waals surface area contributed by atoms with E-state index >= 15 is 0 Å². The molecule has 2 unspecified atom stereocenters. The first-order chi connectivity index (χ1) is 20.4. The van der Waals surface area contributed by atoms with Gasteiger partial charge >= 0.3 is 12.0 Å². The molecule has 1 saturated heterocycles. The molecule has 2 heterocycles. The lowest BCUT2D eigenvalue weighted by molar-refractivity contribution is -0.142. The first-order valence-corrected chi connectivity index (χ1v) is 14.9. The van der Waals surface area contributed by atoms with Crippen LogP contribution in [0.4, 0.5) is 10.5 Å². The minimum Gasteiger partial charge on any atom is -0.462 e. The standard InChI is InChI=1S/C32H38N4O6/c1-2-42-31(40)24-12-5-7-14-26(24)33-28(37)21-36-27-15-8-6-13-25(27)30(39)35(32(36)41)18-9-16-29(38)34-19-17-22-10-3-4-11-23(22)20-34/h3-5,7,10-12,14,25,27H,2,6,8-9,13,15-21H2,1H3,(H,33,37). The molecular weight excluding hydrogens is 536 g/mol. The number of imide groups is 1. The molecule has 5 rings (SSSR count). The van der Waals surface area contributed by atoms with E-state index in [0.29, 0.717) is 38.0 Å². The summed E-state index contributed by atoms with van der Waals surface area (Å²) in [7, 11) is 0. The van der Waals surface area contributed by atoms with Crippen LogP contribution in [0.25, 0.3) is 0 Å². The fraction of sp³-hybridized carbons (Fsp3) is 0.469. The van der Waals surface area contributed by atoms with E-state index in [2.05, 4.69) is 11.4 Å². The molecule has 1 saturated carbocycles. The summed E-state index contributed by atoms with van der Waals surface area (Å²) in [4.78, 5) is 70.1. The van der Waals surface area contributed by atoms with Gasteiger partial charge in [0.2, 0.25) is 17.7 Å². The van der Waals surface area contributed by atoms with E-state index in [-0.39, 0.29) is 55.5 Å². The van der Waals surface area contributed by atoms with Gasteiger partial charge in [-0.3, -0.25) is 19.3 Å². The molecule has 222 valence electrons. The summed E-state index contributed by atoms with van der Waals surface area (Å²) in [5.74, 6) is -1.58. The van der Waals surface area contributed by atoms with Crippen molar-refractivity contribution in [2.24, 2.45) is 5.92 Å². The maximum absolute atomic E-state index is 13.6. The number of rotatable bonds is 9. The van der Waals surface area contributed by atoms with E-state index in [0.717, 1.165) is 24.8 Å². The maximum Gasteiger partial charge on any atom is 0.340 e. The lowest BCUT2D eigenvalue weighted by atomic mass is 9.81. The molecule has 0 bridgehead atoms. The molecule has 2 aromatic carbocycles. The highest BCUT2D eigenvalue weighted by molar-refractivity contribution is 6.04. The van der Waals surface area contributed by atoms with E-state index in [1.807, 2.05) is 23.1 Å². The van der Waals surface area contributed by atoms with E-state index in [1.54, 1.807) is 31.2 Å². The van der Waals surface area contributed by atoms with Crippen LogP contribution in [0.5, 0.6) is 0 Å². The number of ether oxygens (including phenoxy) is 1. The number of hydrogen-bond donors (Lipinski definition) is 1. The number of fused-ring (bicyclic) bond motifs is 2. The predicted octanol–water partition coefficient (Wildman–Crippen LogP) is 3.99. The summed E-state index contributed by atoms with van der Waals surface area (Å²) in [6, 6.07) is 13.8. The third kappa shape index (κ3) is 6.32. The second-order valence-electron chi connectivity index (χ2n) is 11.1. The molecule has 2 aromatic rings. The molecule has 0 aromatic heterocycles. The zero-order valence-corrected chi connectivity index (χ0v) is 24.0. The average molecular weight is 575 g/mol. The summed E-state index contributed by atoms with van der Waals surface area (Å²) in [6.45, 7) is 3.02. The number of amides is 5. The molecule has 5 amide bonds. The number of para-hydroxylation sites is 1.